The van der Waals surface area contributed by atoms with Crippen LogP contribution in [0, 0.1) is 17.6 Å². The van der Waals surface area contributed by atoms with Crippen molar-refractivity contribution in [2.75, 3.05) is 26.8 Å². The number of methoxy groups -OCH3 is 1. The zero-order valence-corrected chi connectivity index (χ0v) is 12.9. The molecule has 0 spiro atoms. The van der Waals surface area contributed by atoms with Crippen molar-refractivity contribution >= 4 is 5.91 Å². The molecule has 1 aliphatic heterocycles. The molecule has 0 aromatic heterocycles. The van der Waals surface area contributed by atoms with Crippen LogP contribution in [0.1, 0.15) is 24.8 Å². The maximum Gasteiger partial charge on any atom is 0.225 e. The van der Waals surface area contributed by atoms with E-state index in [0.717, 1.165) is 19.0 Å². The maximum absolute atomic E-state index is 13.5. The van der Waals surface area contributed by atoms with Crippen LogP contribution >= 0.6 is 0 Å². The zero-order chi connectivity index (χ0) is 16.1. The van der Waals surface area contributed by atoms with Gasteiger partial charge in [-0.25, -0.2) is 8.78 Å². The summed E-state index contributed by atoms with van der Waals surface area (Å²) >= 11 is 0. The van der Waals surface area contributed by atoms with Gasteiger partial charge in [0.15, 0.2) is 11.6 Å². The molecule has 1 amide bonds. The Kier molecular flexibility index (Phi) is 5.85. The first-order valence-corrected chi connectivity index (χ1v) is 7.48. The van der Waals surface area contributed by atoms with E-state index in [1.165, 1.54) is 6.07 Å². The number of nitrogens with one attached hydrogen (secondary N) is 2. The van der Waals surface area contributed by atoms with E-state index in [4.69, 9.17) is 4.74 Å². The van der Waals surface area contributed by atoms with Crippen LogP contribution in [0.4, 0.5) is 8.78 Å². The molecular formula is C16H22F2N2O2. The van der Waals surface area contributed by atoms with Gasteiger partial charge in [-0.2, -0.15) is 0 Å². The summed E-state index contributed by atoms with van der Waals surface area (Å²) in [6, 6.07) is 3.80. The molecule has 0 aliphatic carbocycles. The second kappa shape index (κ2) is 7.65. The number of amides is 1. The molecule has 4 nitrogen and oxygen atoms in total. The smallest absolute Gasteiger partial charge is 0.225 e. The number of carbonyl (C=O) groups is 1. The van der Waals surface area contributed by atoms with Crippen molar-refractivity contribution in [3.05, 3.63) is 35.4 Å². The summed E-state index contributed by atoms with van der Waals surface area (Å²) in [6.45, 7) is 3.53. The number of carbonyl (C=O) groups excluding carboxylic acids is 1. The summed E-state index contributed by atoms with van der Waals surface area (Å²) in [6.07, 6.45) is 0.759. The number of hydrogen-bond acceptors (Lipinski definition) is 3. The van der Waals surface area contributed by atoms with E-state index < -0.39 is 11.6 Å². The molecule has 1 aromatic rings. The summed E-state index contributed by atoms with van der Waals surface area (Å²) in [7, 11) is 1.55. The average molecular weight is 312 g/mol. The van der Waals surface area contributed by atoms with Gasteiger partial charge in [0.25, 0.3) is 0 Å². The third-order valence-corrected chi connectivity index (χ3v) is 4.05. The van der Waals surface area contributed by atoms with Gasteiger partial charge in [0.2, 0.25) is 5.91 Å². The maximum atomic E-state index is 13.5. The first-order valence-electron chi connectivity index (χ1n) is 7.48. The number of benzene rings is 1. The fraction of sp³-hybridized carbons (Fsp3) is 0.562. The minimum atomic E-state index is -0.855. The minimum Gasteiger partial charge on any atom is -0.384 e. The van der Waals surface area contributed by atoms with Gasteiger partial charge < -0.3 is 15.4 Å². The first-order chi connectivity index (χ1) is 10.5. The van der Waals surface area contributed by atoms with Crippen LogP contribution in [0.3, 0.4) is 0 Å². The summed E-state index contributed by atoms with van der Waals surface area (Å²) in [5, 5.41) is 6.21. The number of hydrogen-bond donors (Lipinski definition) is 2. The van der Waals surface area contributed by atoms with Crippen LogP contribution in [0.25, 0.3) is 0 Å². The van der Waals surface area contributed by atoms with Crippen LogP contribution in [-0.2, 0) is 9.53 Å². The molecule has 0 bridgehead atoms. The Balaban J connectivity index is 2.10. The number of halogens is 2. The zero-order valence-electron chi connectivity index (χ0n) is 12.9. The van der Waals surface area contributed by atoms with Gasteiger partial charge >= 0.3 is 0 Å². The Morgan fingerprint density at radius 3 is 2.91 bits per heavy atom. The molecule has 0 saturated carbocycles. The second-order valence-electron chi connectivity index (χ2n) is 5.74. The van der Waals surface area contributed by atoms with E-state index in [2.05, 4.69) is 10.6 Å². The molecule has 122 valence electrons. The van der Waals surface area contributed by atoms with Crippen molar-refractivity contribution in [1.82, 2.24) is 10.6 Å². The molecule has 22 heavy (non-hydrogen) atoms. The lowest BCUT2D eigenvalue weighted by Gasteiger charge is -2.34. The SMILES string of the molecule is COCC(C)C(=O)NC1CNCCC1c1ccc(F)c(F)c1. The lowest BCUT2D eigenvalue weighted by atomic mass is 9.85. The van der Waals surface area contributed by atoms with Crippen molar-refractivity contribution in [2.45, 2.75) is 25.3 Å². The molecule has 3 unspecified atom stereocenters. The van der Waals surface area contributed by atoms with Crippen molar-refractivity contribution in [2.24, 2.45) is 5.92 Å². The topological polar surface area (TPSA) is 50.4 Å². The van der Waals surface area contributed by atoms with Crippen molar-refractivity contribution in [1.29, 1.82) is 0 Å². The van der Waals surface area contributed by atoms with E-state index in [-0.39, 0.29) is 23.8 Å². The molecule has 2 N–H and O–H groups in total. The average Bonchev–Trinajstić information content (AvgIpc) is 2.51. The molecule has 0 radical (unpaired) electrons. The Labute approximate surface area is 129 Å². The normalized spacial score (nSPS) is 23.1. The Morgan fingerprint density at radius 1 is 1.45 bits per heavy atom. The van der Waals surface area contributed by atoms with Gasteiger partial charge in [-0.05, 0) is 30.7 Å². The Hall–Kier alpha value is -1.53. The van der Waals surface area contributed by atoms with Crippen molar-refractivity contribution in [3.8, 4) is 0 Å². The molecule has 1 aliphatic rings. The predicted molar refractivity (Wildman–Crippen MR) is 79.6 cm³/mol. The van der Waals surface area contributed by atoms with Gasteiger partial charge in [0.05, 0.1) is 12.5 Å². The highest BCUT2D eigenvalue weighted by atomic mass is 19.2. The number of ether oxygens (including phenoxy) is 1. The second-order valence-corrected chi connectivity index (χ2v) is 5.74. The highest BCUT2D eigenvalue weighted by Crippen LogP contribution is 2.27. The molecule has 2 rings (SSSR count). The minimum absolute atomic E-state index is 0.0324. The van der Waals surface area contributed by atoms with Gasteiger partial charge in [0, 0.05) is 25.6 Å². The van der Waals surface area contributed by atoms with Gasteiger partial charge in [0.1, 0.15) is 0 Å². The standard InChI is InChI=1S/C16H22F2N2O2/c1-10(9-22-2)16(21)20-15-8-19-6-5-12(15)11-3-4-13(17)14(18)7-11/h3-4,7,10,12,15,19H,5-6,8-9H2,1-2H3,(H,20,21). The van der Waals surface area contributed by atoms with Gasteiger partial charge in [-0.15, -0.1) is 0 Å². The van der Waals surface area contributed by atoms with Gasteiger partial charge in [-0.3, -0.25) is 4.79 Å². The summed E-state index contributed by atoms with van der Waals surface area (Å²) in [4.78, 5) is 12.1. The lowest BCUT2D eigenvalue weighted by molar-refractivity contribution is -0.127. The molecule has 1 heterocycles. The highest BCUT2D eigenvalue weighted by molar-refractivity contribution is 5.78. The van der Waals surface area contributed by atoms with E-state index in [1.54, 1.807) is 20.1 Å². The van der Waals surface area contributed by atoms with Crippen LogP contribution < -0.4 is 10.6 Å². The molecular weight excluding hydrogens is 290 g/mol. The summed E-state index contributed by atoms with van der Waals surface area (Å²) in [5.74, 6) is -2.09. The Morgan fingerprint density at radius 2 is 2.23 bits per heavy atom. The van der Waals surface area contributed by atoms with Crippen molar-refractivity contribution < 1.29 is 18.3 Å². The van der Waals surface area contributed by atoms with Crippen LogP contribution in [0.2, 0.25) is 0 Å². The fourth-order valence-electron chi connectivity index (χ4n) is 2.80. The molecule has 1 saturated heterocycles. The van der Waals surface area contributed by atoms with E-state index in [1.807, 2.05) is 0 Å². The highest BCUT2D eigenvalue weighted by Gasteiger charge is 2.29. The van der Waals surface area contributed by atoms with E-state index in [0.29, 0.717) is 18.7 Å². The summed E-state index contributed by atoms with van der Waals surface area (Å²) in [5.41, 5.74) is 0.713. The quantitative estimate of drug-likeness (QED) is 0.872. The lowest BCUT2D eigenvalue weighted by Crippen LogP contribution is -2.51. The van der Waals surface area contributed by atoms with Crippen molar-refractivity contribution in [3.63, 3.8) is 0 Å². The largest absolute Gasteiger partial charge is 0.384 e. The Bertz CT molecular complexity index is 525. The third kappa shape index (κ3) is 4.01. The molecule has 6 heteroatoms. The predicted octanol–water partition coefficient (Wildman–Crippen LogP) is 1.81. The number of piperidine rings is 1. The van der Waals surface area contributed by atoms with Crippen LogP contribution in [-0.4, -0.2) is 38.8 Å². The molecule has 3 atom stereocenters. The van der Waals surface area contributed by atoms with Gasteiger partial charge in [-0.1, -0.05) is 13.0 Å². The molecule has 1 fully saturated rings. The fourth-order valence-corrected chi connectivity index (χ4v) is 2.80. The van der Waals surface area contributed by atoms with E-state index in [9.17, 15) is 13.6 Å². The van der Waals surface area contributed by atoms with E-state index >= 15 is 0 Å². The van der Waals surface area contributed by atoms with Crippen LogP contribution in [0.5, 0.6) is 0 Å². The molecule has 1 aromatic carbocycles. The van der Waals surface area contributed by atoms with Crippen LogP contribution in [0.15, 0.2) is 18.2 Å². The summed E-state index contributed by atoms with van der Waals surface area (Å²) < 4.78 is 31.5. The monoisotopic (exact) mass is 312 g/mol. The first kappa shape index (κ1) is 16.8. The third-order valence-electron chi connectivity index (χ3n) is 4.05. The number of rotatable bonds is 5.